The van der Waals surface area contributed by atoms with Crippen LogP contribution in [0.1, 0.15) is 18.1 Å². The molecule has 3 rings (SSSR count). The fraction of sp³-hybridized carbons (Fsp3) is 0.391. The zero-order valence-electron chi connectivity index (χ0n) is 17.7. The lowest BCUT2D eigenvalue weighted by Crippen LogP contribution is -2.62. The van der Waals surface area contributed by atoms with Gasteiger partial charge in [-0.3, -0.25) is 9.69 Å². The number of carbonyl (C=O) groups excluding carboxylic acids is 1. The third-order valence-electron chi connectivity index (χ3n) is 5.23. The summed E-state index contributed by atoms with van der Waals surface area (Å²) in [7, 11) is 0. The topological polar surface area (TPSA) is 88.1 Å². The van der Waals surface area contributed by atoms with Gasteiger partial charge in [0.25, 0.3) is 0 Å². The van der Waals surface area contributed by atoms with E-state index in [9.17, 15) is 19.1 Å². The number of amides is 2. The summed E-state index contributed by atoms with van der Waals surface area (Å²) in [6.07, 6.45) is -1.16. The van der Waals surface area contributed by atoms with Crippen LogP contribution in [-0.4, -0.2) is 60.6 Å². The number of carboxylic acid groups (broad SMARTS) is 1. The lowest BCUT2D eigenvalue weighted by Gasteiger charge is -2.45. The van der Waals surface area contributed by atoms with Crippen LogP contribution >= 0.6 is 0 Å². The molecule has 0 saturated carbocycles. The second kappa shape index (κ2) is 9.89. The Balaban J connectivity index is 2.03. The van der Waals surface area contributed by atoms with E-state index in [1.54, 1.807) is 19.1 Å². The van der Waals surface area contributed by atoms with Crippen molar-refractivity contribution in [3.05, 3.63) is 59.4 Å². The molecule has 1 heterocycles. The maximum atomic E-state index is 15.0. The Labute approximate surface area is 180 Å². The molecule has 1 saturated heterocycles. The minimum atomic E-state index is -1.46. The van der Waals surface area contributed by atoms with Gasteiger partial charge in [-0.25, -0.2) is 9.18 Å². The van der Waals surface area contributed by atoms with Crippen LogP contribution in [0.25, 0.3) is 11.1 Å². The van der Waals surface area contributed by atoms with E-state index in [0.29, 0.717) is 23.2 Å². The normalized spacial score (nSPS) is 18.6. The van der Waals surface area contributed by atoms with Crippen LogP contribution in [0.5, 0.6) is 0 Å². The number of ether oxygens (including phenoxy) is 2. The number of carbonyl (C=O) groups is 2. The second-order valence-electron chi connectivity index (χ2n) is 7.50. The molecule has 1 atom stereocenters. The molecule has 0 spiro atoms. The lowest BCUT2D eigenvalue weighted by molar-refractivity contribution is -0.205. The van der Waals surface area contributed by atoms with Crippen molar-refractivity contribution in [2.75, 3.05) is 32.9 Å². The van der Waals surface area contributed by atoms with Crippen molar-refractivity contribution in [3.8, 4) is 11.1 Å². The van der Waals surface area contributed by atoms with Gasteiger partial charge in [0.1, 0.15) is 12.4 Å². The van der Waals surface area contributed by atoms with Gasteiger partial charge in [-0.15, -0.1) is 0 Å². The molecular formula is C23H27FN2O5. The van der Waals surface area contributed by atoms with Gasteiger partial charge in [-0.05, 0) is 31.0 Å². The smallest absolute Gasteiger partial charge is 0.409 e. The van der Waals surface area contributed by atoms with Gasteiger partial charge in [-0.1, -0.05) is 42.0 Å². The highest BCUT2D eigenvalue weighted by Crippen LogP contribution is 2.34. The van der Waals surface area contributed by atoms with E-state index in [1.807, 2.05) is 31.2 Å². The number of likely N-dealkylation sites (N-methyl/N-ethyl adjacent to an activating group) is 1. The Bertz CT molecular complexity index is 951. The fourth-order valence-corrected chi connectivity index (χ4v) is 3.84. The molecular weight excluding hydrogens is 403 g/mol. The van der Waals surface area contributed by atoms with E-state index < -0.39 is 17.6 Å². The van der Waals surface area contributed by atoms with E-state index in [0.717, 1.165) is 10.5 Å². The Kier molecular flexibility index (Phi) is 7.25. The van der Waals surface area contributed by atoms with E-state index in [4.69, 9.17) is 9.47 Å². The zero-order chi connectivity index (χ0) is 22.4. The predicted molar refractivity (Wildman–Crippen MR) is 113 cm³/mol. The molecule has 0 aromatic heterocycles. The number of aryl methyl sites for hydroxylation is 1. The number of hydrogen-bond acceptors (Lipinski definition) is 4. The first-order chi connectivity index (χ1) is 14.9. The molecule has 1 unspecified atom stereocenters. The number of benzene rings is 2. The summed E-state index contributed by atoms with van der Waals surface area (Å²) in [5.41, 5.74) is 1.15. The predicted octanol–water partition coefficient (Wildman–Crippen LogP) is 3.20. The maximum absolute atomic E-state index is 15.0. The number of nitrogens with zero attached hydrogens (tertiary/aromatic N) is 1. The standard InChI is InChI=1S/C23H27FN2O5/c1-3-25-20(27)14-31-23(15-30-11-10-26(23)22(28)29)13-18-8-5-9-19(24)21(18)17-7-4-6-16(2)12-17/h4-9,12H,3,10-11,13-15H2,1-2H3,(H,25,27)(H,28,29). The van der Waals surface area contributed by atoms with Crippen molar-refractivity contribution in [3.63, 3.8) is 0 Å². The molecule has 2 amide bonds. The highest BCUT2D eigenvalue weighted by atomic mass is 19.1. The number of halogens is 1. The molecule has 2 aromatic carbocycles. The van der Waals surface area contributed by atoms with Crippen molar-refractivity contribution in [2.24, 2.45) is 0 Å². The minimum absolute atomic E-state index is 0.0275. The largest absolute Gasteiger partial charge is 0.465 e. The maximum Gasteiger partial charge on any atom is 0.409 e. The molecule has 8 heteroatoms. The highest BCUT2D eigenvalue weighted by molar-refractivity contribution is 5.77. The summed E-state index contributed by atoms with van der Waals surface area (Å²) in [6.45, 7) is 4.02. The number of morpholine rings is 1. The van der Waals surface area contributed by atoms with Crippen LogP contribution in [0.3, 0.4) is 0 Å². The molecule has 0 radical (unpaired) electrons. The van der Waals surface area contributed by atoms with Gasteiger partial charge in [-0.2, -0.15) is 0 Å². The molecule has 166 valence electrons. The summed E-state index contributed by atoms with van der Waals surface area (Å²) in [5, 5.41) is 12.4. The summed E-state index contributed by atoms with van der Waals surface area (Å²) < 4.78 is 26.4. The third kappa shape index (κ3) is 5.21. The molecule has 2 aromatic rings. The van der Waals surface area contributed by atoms with Gasteiger partial charge in [0.2, 0.25) is 5.91 Å². The fourth-order valence-electron chi connectivity index (χ4n) is 3.84. The van der Waals surface area contributed by atoms with E-state index in [2.05, 4.69) is 5.32 Å². The molecule has 7 nitrogen and oxygen atoms in total. The van der Waals surface area contributed by atoms with Gasteiger partial charge in [0, 0.05) is 18.5 Å². The average molecular weight is 430 g/mol. The second-order valence-corrected chi connectivity index (χ2v) is 7.50. The van der Waals surface area contributed by atoms with Crippen molar-refractivity contribution in [1.82, 2.24) is 10.2 Å². The van der Waals surface area contributed by atoms with Crippen molar-refractivity contribution < 1.29 is 28.6 Å². The highest BCUT2D eigenvalue weighted by Gasteiger charge is 2.45. The van der Waals surface area contributed by atoms with Crippen LogP contribution in [0.15, 0.2) is 42.5 Å². The summed E-state index contributed by atoms with van der Waals surface area (Å²) in [6, 6.07) is 12.1. The lowest BCUT2D eigenvalue weighted by atomic mass is 9.91. The molecule has 1 fully saturated rings. The first-order valence-corrected chi connectivity index (χ1v) is 10.2. The zero-order valence-corrected chi connectivity index (χ0v) is 17.7. The molecule has 0 aliphatic carbocycles. The van der Waals surface area contributed by atoms with Crippen LogP contribution in [-0.2, 0) is 20.7 Å². The molecule has 2 N–H and O–H groups in total. The Morgan fingerprint density at radius 3 is 2.77 bits per heavy atom. The van der Waals surface area contributed by atoms with Crippen LogP contribution < -0.4 is 5.32 Å². The van der Waals surface area contributed by atoms with Gasteiger partial charge >= 0.3 is 6.09 Å². The minimum Gasteiger partial charge on any atom is -0.465 e. The van der Waals surface area contributed by atoms with Crippen molar-refractivity contribution in [1.29, 1.82) is 0 Å². The van der Waals surface area contributed by atoms with Crippen LogP contribution in [0.2, 0.25) is 0 Å². The Hall–Kier alpha value is -2.97. The first-order valence-electron chi connectivity index (χ1n) is 10.2. The average Bonchev–Trinajstić information content (AvgIpc) is 2.73. The molecule has 31 heavy (non-hydrogen) atoms. The van der Waals surface area contributed by atoms with E-state index >= 15 is 0 Å². The van der Waals surface area contributed by atoms with E-state index in [-0.39, 0.29) is 38.7 Å². The summed E-state index contributed by atoms with van der Waals surface area (Å²) >= 11 is 0. The molecule has 1 aliphatic rings. The van der Waals surface area contributed by atoms with E-state index in [1.165, 1.54) is 6.07 Å². The Morgan fingerprint density at radius 2 is 2.06 bits per heavy atom. The third-order valence-corrected chi connectivity index (χ3v) is 5.23. The molecule has 0 bridgehead atoms. The number of nitrogens with one attached hydrogen (secondary N) is 1. The van der Waals surface area contributed by atoms with Crippen LogP contribution in [0, 0.1) is 12.7 Å². The Morgan fingerprint density at radius 1 is 1.29 bits per heavy atom. The van der Waals surface area contributed by atoms with Gasteiger partial charge in [0.15, 0.2) is 5.72 Å². The quantitative estimate of drug-likeness (QED) is 0.704. The monoisotopic (exact) mass is 430 g/mol. The number of rotatable bonds is 7. The summed E-state index contributed by atoms with van der Waals surface area (Å²) in [5.74, 6) is -0.781. The van der Waals surface area contributed by atoms with Gasteiger partial charge < -0.3 is 19.9 Å². The number of hydrogen-bond donors (Lipinski definition) is 2. The van der Waals surface area contributed by atoms with Crippen molar-refractivity contribution >= 4 is 12.0 Å². The van der Waals surface area contributed by atoms with Crippen LogP contribution in [0.4, 0.5) is 9.18 Å². The summed E-state index contributed by atoms with van der Waals surface area (Å²) in [4.78, 5) is 25.2. The first kappa shape index (κ1) is 22.7. The SMILES string of the molecule is CCNC(=O)COC1(Cc2cccc(F)c2-c2cccc(C)c2)COCCN1C(=O)O. The molecule has 1 aliphatic heterocycles. The van der Waals surface area contributed by atoms with Crippen molar-refractivity contribution in [2.45, 2.75) is 26.0 Å². The van der Waals surface area contributed by atoms with Gasteiger partial charge in [0.05, 0.1) is 19.8 Å².